The summed E-state index contributed by atoms with van der Waals surface area (Å²) in [4.78, 5) is 9.78. The number of aromatic nitrogens is 2. The Morgan fingerprint density at radius 2 is 1.25 bits per heavy atom. The Labute approximate surface area is 158 Å². The molecular formula is C24H12N2O2. The minimum atomic E-state index is 0.664. The number of nitrogens with zero attached hydrogens (tertiary/aromatic N) is 2. The summed E-state index contributed by atoms with van der Waals surface area (Å²) in [5, 5.41) is 4.41. The Kier molecular flexibility index (Phi) is 2.46. The van der Waals surface area contributed by atoms with Gasteiger partial charge in [-0.2, -0.15) is 0 Å². The van der Waals surface area contributed by atoms with Crippen molar-refractivity contribution < 1.29 is 8.83 Å². The quantitative estimate of drug-likeness (QED) is 0.287. The van der Waals surface area contributed by atoms with Crippen molar-refractivity contribution in [3.63, 3.8) is 0 Å². The van der Waals surface area contributed by atoms with Crippen LogP contribution >= 0.6 is 0 Å². The fourth-order valence-corrected chi connectivity index (χ4v) is 4.20. The van der Waals surface area contributed by atoms with Gasteiger partial charge in [-0.1, -0.05) is 30.3 Å². The van der Waals surface area contributed by atoms with Crippen LogP contribution in [-0.2, 0) is 0 Å². The first-order valence-corrected chi connectivity index (χ1v) is 9.19. The van der Waals surface area contributed by atoms with Gasteiger partial charge in [-0.25, -0.2) is 9.97 Å². The maximum absolute atomic E-state index is 6.18. The maximum Gasteiger partial charge on any atom is 0.196 e. The monoisotopic (exact) mass is 360 g/mol. The molecule has 0 aliphatic heterocycles. The molecule has 4 aromatic carbocycles. The van der Waals surface area contributed by atoms with Gasteiger partial charge >= 0.3 is 0 Å². The van der Waals surface area contributed by atoms with Gasteiger partial charge in [0.25, 0.3) is 0 Å². The number of hydrogen-bond donors (Lipinski definition) is 0. The highest BCUT2D eigenvalue weighted by atomic mass is 16.4. The van der Waals surface area contributed by atoms with E-state index in [1.807, 2.05) is 42.5 Å². The molecule has 7 aromatic rings. The molecule has 3 heterocycles. The third-order valence-corrected chi connectivity index (χ3v) is 5.46. The van der Waals surface area contributed by atoms with Crippen LogP contribution in [0.2, 0.25) is 0 Å². The van der Waals surface area contributed by atoms with Gasteiger partial charge in [-0.05, 0) is 42.5 Å². The highest BCUT2D eigenvalue weighted by Crippen LogP contribution is 2.38. The normalized spacial score (nSPS) is 12.3. The molecule has 0 aliphatic carbocycles. The third kappa shape index (κ3) is 1.70. The molecule has 7 rings (SSSR count). The zero-order valence-electron chi connectivity index (χ0n) is 14.6. The van der Waals surface area contributed by atoms with E-state index in [9.17, 15) is 0 Å². The van der Waals surface area contributed by atoms with E-state index in [1.54, 1.807) is 0 Å². The van der Waals surface area contributed by atoms with E-state index in [1.165, 1.54) is 5.39 Å². The maximum atomic E-state index is 6.18. The summed E-state index contributed by atoms with van der Waals surface area (Å²) in [5.74, 6) is 0. The molecule has 0 fully saturated rings. The molecule has 3 aromatic heterocycles. The van der Waals surface area contributed by atoms with Gasteiger partial charge in [0.05, 0.1) is 16.6 Å². The van der Waals surface area contributed by atoms with Crippen LogP contribution in [0.5, 0.6) is 0 Å². The Morgan fingerprint density at radius 3 is 2.18 bits per heavy atom. The molecular weight excluding hydrogens is 348 g/mol. The molecule has 0 radical (unpaired) electrons. The van der Waals surface area contributed by atoms with Crippen LogP contribution in [0.3, 0.4) is 0 Å². The van der Waals surface area contributed by atoms with E-state index >= 15 is 0 Å². The van der Waals surface area contributed by atoms with Crippen LogP contribution in [0.4, 0.5) is 0 Å². The summed E-state index contributed by atoms with van der Waals surface area (Å²) in [5.41, 5.74) is 6.49. The lowest BCUT2D eigenvalue weighted by Crippen LogP contribution is -1.78. The Bertz CT molecular complexity index is 1720. The molecule has 0 amide bonds. The second kappa shape index (κ2) is 4.87. The van der Waals surface area contributed by atoms with Gasteiger partial charge in [-0.15, -0.1) is 0 Å². The smallest absolute Gasteiger partial charge is 0.196 e. The van der Waals surface area contributed by atoms with Gasteiger partial charge in [-0.3, -0.25) is 0 Å². The van der Waals surface area contributed by atoms with Crippen LogP contribution in [0.1, 0.15) is 0 Å². The second-order valence-electron chi connectivity index (χ2n) is 7.04. The van der Waals surface area contributed by atoms with Crippen LogP contribution in [0, 0.1) is 0 Å². The number of benzene rings is 4. The van der Waals surface area contributed by atoms with Crippen molar-refractivity contribution in [3.05, 3.63) is 72.8 Å². The third-order valence-electron chi connectivity index (χ3n) is 5.46. The standard InChI is InChI=1S/C24H12N2O2/c1-2-6-16-13(5-1)14-9-11-17-21(22(14)25-16)15-10-12-20-24(23(15)26-17)28-19-8-4-3-7-18(19)27-20/h1-12H. The van der Waals surface area contributed by atoms with Crippen LogP contribution < -0.4 is 0 Å². The Balaban J connectivity index is 1.71. The number of hydrogen-bond acceptors (Lipinski definition) is 4. The summed E-state index contributed by atoms with van der Waals surface area (Å²) in [6.45, 7) is 0. The van der Waals surface area contributed by atoms with Gasteiger partial charge in [0, 0.05) is 21.5 Å². The summed E-state index contributed by atoms with van der Waals surface area (Å²) in [6.07, 6.45) is 0. The molecule has 0 saturated carbocycles. The average Bonchev–Trinajstić information content (AvgIpc) is 3.30. The average molecular weight is 360 g/mol. The molecule has 0 saturated heterocycles. The molecule has 4 heteroatoms. The molecule has 0 bridgehead atoms. The lowest BCUT2D eigenvalue weighted by atomic mass is 10.1. The first-order chi connectivity index (χ1) is 13.9. The number of rotatable bonds is 0. The van der Waals surface area contributed by atoms with Crippen LogP contribution in [0.15, 0.2) is 81.6 Å². The summed E-state index contributed by atoms with van der Waals surface area (Å²) in [7, 11) is 0. The second-order valence-corrected chi connectivity index (χ2v) is 7.04. The zero-order valence-corrected chi connectivity index (χ0v) is 14.6. The molecule has 28 heavy (non-hydrogen) atoms. The van der Waals surface area contributed by atoms with Crippen molar-refractivity contribution in [1.82, 2.24) is 9.97 Å². The van der Waals surface area contributed by atoms with Gasteiger partial charge < -0.3 is 8.83 Å². The number of fused-ring (bicyclic) bond motifs is 10. The molecule has 0 unspecified atom stereocenters. The zero-order chi connectivity index (χ0) is 18.2. The van der Waals surface area contributed by atoms with E-state index in [4.69, 9.17) is 18.8 Å². The van der Waals surface area contributed by atoms with Crippen molar-refractivity contribution in [2.75, 3.05) is 0 Å². The minimum Gasteiger partial charge on any atom is -0.449 e. The predicted molar refractivity (Wildman–Crippen MR) is 112 cm³/mol. The van der Waals surface area contributed by atoms with E-state index in [0.29, 0.717) is 16.7 Å². The van der Waals surface area contributed by atoms with Crippen molar-refractivity contribution in [3.8, 4) is 0 Å². The summed E-state index contributed by atoms with van der Waals surface area (Å²) < 4.78 is 12.2. The fraction of sp³-hybridized carbons (Fsp3) is 0. The van der Waals surface area contributed by atoms with Gasteiger partial charge in [0.15, 0.2) is 22.3 Å². The van der Waals surface area contributed by atoms with Crippen molar-refractivity contribution >= 4 is 65.9 Å². The topological polar surface area (TPSA) is 52.1 Å². The molecule has 130 valence electrons. The summed E-state index contributed by atoms with van der Waals surface area (Å²) in [6, 6.07) is 24.1. The molecule has 0 spiro atoms. The molecule has 0 atom stereocenters. The largest absolute Gasteiger partial charge is 0.449 e. The summed E-state index contributed by atoms with van der Waals surface area (Å²) >= 11 is 0. The lowest BCUT2D eigenvalue weighted by Gasteiger charge is -2.02. The highest BCUT2D eigenvalue weighted by molar-refractivity contribution is 6.26. The van der Waals surface area contributed by atoms with Gasteiger partial charge in [0.1, 0.15) is 5.52 Å². The van der Waals surface area contributed by atoms with Crippen molar-refractivity contribution in [2.24, 2.45) is 0 Å². The van der Waals surface area contributed by atoms with Crippen molar-refractivity contribution in [2.45, 2.75) is 0 Å². The lowest BCUT2D eigenvalue weighted by molar-refractivity contribution is 0.584. The van der Waals surface area contributed by atoms with E-state index in [2.05, 4.69) is 30.3 Å². The SMILES string of the molecule is c1ccc2c(c1)nc1c2ccc2nc3c(ccc4oc5ccccc5oc43)c21. The van der Waals surface area contributed by atoms with Gasteiger partial charge in [0.2, 0.25) is 0 Å². The fourth-order valence-electron chi connectivity index (χ4n) is 4.20. The molecule has 0 N–H and O–H groups in total. The minimum absolute atomic E-state index is 0.664. The Morgan fingerprint density at radius 1 is 0.500 bits per heavy atom. The Hall–Kier alpha value is -3.92. The van der Waals surface area contributed by atoms with Crippen molar-refractivity contribution in [1.29, 1.82) is 0 Å². The highest BCUT2D eigenvalue weighted by Gasteiger charge is 2.17. The predicted octanol–water partition coefficient (Wildman–Crippen LogP) is 6.58. The molecule has 4 nitrogen and oxygen atoms in total. The number of para-hydroxylation sites is 3. The first-order valence-electron chi connectivity index (χ1n) is 9.19. The molecule has 0 aliphatic rings. The van der Waals surface area contributed by atoms with E-state index in [-0.39, 0.29) is 0 Å². The van der Waals surface area contributed by atoms with Crippen LogP contribution in [-0.4, -0.2) is 9.97 Å². The van der Waals surface area contributed by atoms with E-state index in [0.717, 1.165) is 43.8 Å². The van der Waals surface area contributed by atoms with Crippen LogP contribution in [0.25, 0.3) is 65.9 Å². The first kappa shape index (κ1) is 14.2. The van der Waals surface area contributed by atoms with E-state index < -0.39 is 0 Å².